The van der Waals surface area contributed by atoms with Gasteiger partial charge in [0.25, 0.3) is 5.91 Å². The van der Waals surface area contributed by atoms with Crippen molar-refractivity contribution >= 4 is 27.3 Å². The van der Waals surface area contributed by atoms with Gasteiger partial charge < -0.3 is 14.2 Å². The monoisotopic (exact) mass is 391 g/mol. The molecule has 9 nitrogen and oxygen atoms in total. The van der Waals surface area contributed by atoms with Crippen molar-refractivity contribution < 1.29 is 19.0 Å². The Morgan fingerprint density at radius 1 is 1.07 bits per heavy atom. The number of benzene rings is 1. The molecule has 0 saturated heterocycles. The Kier molecular flexibility index (Phi) is 5.75. The Morgan fingerprint density at radius 3 is 2.26 bits per heavy atom. The first kappa shape index (κ1) is 18.9. The molecule has 27 heavy (non-hydrogen) atoms. The zero-order chi connectivity index (χ0) is 19.4. The molecule has 1 amide bonds. The van der Waals surface area contributed by atoms with Crippen LogP contribution < -0.4 is 19.5 Å². The summed E-state index contributed by atoms with van der Waals surface area (Å²) in [4.78, 5) is 13.3. The van der Waals surface area contributed by atoms with E-state index >= 15 is 0 Å². The normalized spacial score (nSPS) is 10.8. The SMILES string of the molecule is CCOc1cc(C(=O)Nc2nn3c(C)nnc3s2)cc(OCC)c1OCC. The quantitative estimate of drug-likeness (QED) is 0.630. The van der Waals surface area contributed by atoms with Crippen molar-refractivity contribution in [3.05, 3.63) is 23.5 Å². The van der Waals surface area contributed by atoms with Crippen LogP contribution in [0.5, 0.6) is 17.2 Å². The molecular formula is C17H21N5O4S. The molecule has 0 aliphatic heterocycles. The van der Waals surface area contributed by atoms with E-state index in [-0.39, 0.29) is 5.91 Å². The fourth-order valence-corrected chi connectivity index (χ4v) is 3.23. The third-order valence-electron chi connectivity index (χ3n) is 3.54. The number of aryl methyl sites for hydroxylation is 1. The van der Waals surface area contributed by atoms with Crippen LogP contribution in [0.25, 0.3) is 4.96 Å². The van der Waals surface area contributed by atoms with Gasteiger partial charge in [-0.15, -0.1) is 15.3 Å². The second-order valence-corrected chi connectivity index (χ2v) is 6.36. The van der Waals surface area contributed by atoms with Crippen molar-refractivity contribution in [2.45, 2.75) is 27.7 Å². The summed E-state index contributed by atoms with van der Waals surface area (Å²) in [7, 11) is 0. The summed E-state index contributed by atoms with van der Waals surface area (Å²) in [5.74, 6) is 1.74. The van der Waals surface area contributed by atoms with Crippen LogP contribution in [0, 0.1) is 6.92 Å². The number of fused-ring (bicyclic) bond motifs is 1. The van der Waals surface area contributed by atoms with E-state index in [9.17, 15) is 4.79 Å². The third-order valence-corrected chi connectivity index (χ3v) is 4.35. The highest BCUT2D eigenvalue weighted by Crippen LogP contribution is 2.39. The Hall–Kier alpha value is -2.88. The largest absolute Gasteiger partial charge is 0.490 e. The fourth-order valence-electron chi connectivity index (χ4n) is 2.45. The standard InChI is InChI=1S/C17H21N5O4S/c1-5-24-12-8-11(9-13(25-6-2)14(12)26-7-3)15(23)18-16-21-22-10(4)19-20-17(22)27-16/h8-9H,5-7H2,1-4H3,(H,18,21,23). The maximum atomic E-state index is 12.7. The molecule has 0 fully saturated rings. The molecule has 0 saturated carbocycles. The number of aromatic nitrogens is 4. The van der Waals surface area contributed by atoms with Crippen LogP contribution >= 0.6 is 11.3 Å². The summed E-state index contributed by atoms with van der Waals surface area (Å²) in [5.41, 5.74) is 0.382. The molecule has 10 heteroatoms. The van der Waals surface area contributed by atoms with E-state index in [2.05, 4.69) is 20.6 Å². The lowest BCUT2D eigenvalue weighted by atomic mass is 10.1. The average Bonchev–Trinajstić information content (AvgIpc) is 3.19. The molecule has 3 rings (SSSR count). The summed E-state index contributed by atoms with van der Waals surface area (Å²) in [5, 5.41) is 15.4. The number of ether oxygens (including phenoxy) is 3. The number of nitrogens with one attached hydrogen (secondary N) is 1. The van der Waals surface area contributed by atoms with E-state index in [1.807, 2.05) is 20.8 Å². The molecular weight excluding hydrogens is 370 g/mol. The van der Waals surface area contributed by atoms with Gasteiger partial charge in [0.05, 0.1) is 19.8 Å². The van der Waals surface area contributed by atoms with Crippen molar-refractivity contribution in [3.8, 4) is 17.2 Å². The number of carbonyl (C=O) groups is 1. The maximum absolute atomic E-state index is 12.7. The smallest absolute Gasteiger partial charge is 0.257 e. The minimum absolute atomic E-state index is 0.331. The topological polar surface area (TPSA) is 99.9 Å². The lowest BCUT2D eigenvalue weighted by molar-refractivity contribution is 0.102. The zero-order valence-corrected chi connectivity index (χ0v) is 16.4. The molecule has 0 aliphatic rings. The van der Waals surface area contributed by atoms with Gasteiger partial charge in [-0.3, -0.25) is 10.1 Å². The van der Waals surface area contributed by atoms with Gasteiger partial charge in [0.15, 0.2) is 17.3 Å². The van der Waals surface area contributed by atoms with Crippen LogP contribution in [-0.4, -0.2) is 45.5 Å². The van der Waals surface area contributed by atoms with E-state index in [0.29, 0.717) is 58.5 Å². The minimum atomic E-state index is -0.331. The Labute approximate surface area is 160 Å². The Balaban J connectivity index is 1.92. The third kappa shape index (κ3) is 3.95. The van der Waals surface area contributed by atoms with Crippen molar-refractivity contribution in [2.24, 2.45) is 0 Å². The molecule has 2 aromatic heterocycles. The van der Waals surface area contributed by atoms with Crippen LogP contribution in [0.15, 0.2) is 12.1 Å². The zero-order valence-electron chi connectivity index (χ0n) is 15.6. The van der Waals surface area contributed by atoms with Crippen molar-refractivity contribution in [1.29, 1.82) is 0 Å². The molecule has 3 aromatic rings. The van der Waals surface area contributed by atoms with Crippen molar-refractivity contribution in [1.82, 2.24) is 19.8 Å². The molecule has 144 valence electrons. The van der Waals surface area contributed by atoms with Crippen molar-refractivity contribution in [2.75, 3.05) is 25.1 Å². The summed E-state index contributed by atoms with van der Waals surface area (Å²) in [6.45, 7) is 8.73. The van der Waals surface area contributed by atoms with Crippen LogP contribution in [0.2, 0.25) is 0 Å². The number of amides is 1. The number of carbonyl (C=O) groups excluding carboxylic acids is 1. The second kappa shape index (κ2) is 8.21. The lowest BCUT2D eigenvalue weighted by Crippen LogP contribution is -2.13. The molecule has 0 unspecified atom stereocenters. The molecule has 0 atom stereocenters. The molecule has 0 spiro atoms. The highest BCUT2D eigenvalue weighted by atomic mass is 32.1. The minimum Gasteiger partial charge on any atom is -0.490 e. The fraction of sp³-hybridized carbons (Fsp3) is 0.412. The van der Waals surface area contributed by atoms with Crippen molar-refractivity contribution in [3.63, 3.8) is 0 Å². The van der Waals surface area contributed by atoms with Gasteiger partial charge in [0.1, 0.15) is 0 Å². The van der Waals surface area contributed by atoms with E-state index in [4.69, 9.17) is 14.2 Å². The summed E-state index contributed by atoms with van der Waals surface area (Å²) >= 11 is 1.24. The first-order valence-corrected chi connectivity index (χ1v) is 9.45. The predicted molar refractivity (Wildman–Crippen MR) is 101 cm³/mol. The van der Waals surface area contributed by atoms with E-state index in [0.717, 1.165) is 0 Å². The highest BCUT2D eigenvalue weighted by molar-refractivity contribution is 7.20. The van der Waals surface area contributed by atoms with Crippen LogP contribution in [0.1, 0.15) is 37.0 Å². The first-order valence-electron chi connectivity index (χ1n) is 8.63. The molecule has 2 heterocycles. The van der Waals surface area contributed by atoms with Gasteiger partial charge >= 0.3 is 0 Å². The molecule has 0 aliphatic carbocycles. The number of anilines is 1. The average molecular weight is 391 g/mol. The van der Waals surface area contributed by atoms with Gasteiger partial charge in [0, 0.05) is 5.56 Å². The lowest BCUT2D eigenvalue weighted by Gasteiger charge is -2.16. The van der Waals surface area contributed by atoms with Gasteiger partial charge in [-0.1, -0.05) is 11.3 Å². The molecule has 1 aromatic carbocycles. The van der Waals surface area contributed by atoms with Crippen LogP contribution in [-0.2, 0) is 0 Å². The van der Waals surface area contributed by atoms with Crippen LogP contribution in [0.3, 0.4) is 0 Å². The maximum Gasteiger partial charge on any atom is 0.257 e. The molecule has 1 N–H and O–H groups in total. The van der Waals surface area contributed by atoms with E-state index < -0.39 is 0 Å². The van der Waals surface area contributed by atoms with E-state index in [1.54, 1.807) is 23.6 Å². The molecule has 0 radical (unpaired) electrons. The van der Waals surface area contributed by atoms with Crippen LogP contribution in [0.4, 0.5) is 5.13 Å². The highest BCUT2D eigenvalue weighted by Gasteiger charge is 2.19. The van der Waals surface area contributed by atoms with Gasteiger partial charge in [-0.25, -0.2) is 0 Å². The summed E-state index contributed by atoms with van der Waals surface area (Å²) < 4.78 is 18.5. The summed E-state index contributed by atoms with van der Waals surface area (Å²) in [6, 6.07) is 3.27. The number of rotatable bonds is 8. The van der Waals surface area contributed by atoms with Gasteiger partial charge in [-0.05, 0) is 39.8 Å². The first-order chi connectivity index (χ1) is 13.1. The Bertz CT molecular complexity index is 925. The van der Waals surface area contributed by atoms with Gasteiger partial charge in [0.2, 0.25) is 15.8 Å². The van der Waals surface area contributed by atoms with Gasteiger partial charge in [-0.2, -0.15) is 4.52 Å². The summed E-state index contributed by atoms with van der Waals surface area (Å²) in [6.07, 6.45) is 0. The number of hydrogen-bond acceptors (Lipinski definition) is 8. The number of hydrogen-bond donors (Lipinski definition) is 1. The second-order valence-electron chi connectivity index (χ2n) is 5.40. The van der Waals surface area contributed by atoms with E-state index in [1.165, 1.54) is 11.3 Å². The molecule has 0 bridgehead atoms. The Morgan fingerprint density at radius 2 is 1.70 bits per heavy atom. The number of nitrogens with zero attached hydrogens (tertiary/aromatic N) is 4. The predicted octanol–water partition coefficient (Wildman–Crippen LogP) is 2.94.